The quantitative estimate of drug-likeness (QED) is 0.816. The van der Waals surface area contributed by atoms with Crippen molar-refractivity contribution in [3.8, 4) is 0 Å². The fourth-order valence-electron chi connectivity index (χ4n) is 3.30. The molecule has 0 saturated carbocycles. The smallest absolute Gasteiger partial charge is 0.327 e. The normalized spacial score (nSPS) is 19.0. The second kappa shape index (κ2) is 6.70. The van der Waals surface area contributed by atoms with E-state index in [9.17, 15) is 18.8 Å². The molecule has 1 aromatic heterocycles. The maximum atomic E-state index is 13.4. The third kappa shape index (κ3) is 2.98. The van der Waals surface area contributed by atoms with Crippen molar-refractivity contribution in [2.24, 2.45) is 16.8 Å². The summed E-state index contributed by atoms with van der Waals surface area (Å²) in [5.41, 5.74) is -0.141. The number of methoxy groups -OCH3 is 1. The van der Waals surface area contributed by atoms with Gasteiger partial charge >= 0.3 is 11.7 Å². The topological polar surface area (TPSA) is 104 Å². The Morgan fingerprint density at radius 3 is 2.42 bits per heavy atom. The number of aromatic amines is 2. The minimum absolute atomic E-state index is 0.108. The van der Waals surface area contributed by atoms with E-state index in [0.717, 1.165) is 0 Å². The first-order chi connectivity index (χ1) is 12.3. The SMILES string of the molecule is COC(=O)C1C(C(C)C)=Nc2[nH]c(=O)[nH]c(=O)c2C1c1ccc(F)cc1. The summed E-state index contributed by atoms with van der Waals surface area (Å²) in [6, 6.07) is 5.52. The summed E-state index contributed by atoms with van der Waals surface area (Å²) in [6.45, 7) is 3.71. The van der Waals surface area contributed by atoms with E-state index in [1.165, 1.54) is 31.4 Å². The van der Waals surface area contributed by atoms with Gasteiger partial charge in [-0.25, -0.2) is 14.2 Å². The standard InChI is InChI=1S/C18H18FN3O4/c1-8(2)14-12(17(24)26-3)11(9-4-6-10(19)7-5-9)13-15(20-14)21-18(25)22-16(13)23/h4-8,11-12H,1-3H3,(H2,21,22,23,25). The third-order valence-corrected chi connectivity index (χ3v) is 4.44. The van der Waals surface area contributed by atoms with Crippen LogP contribution in [0.15, 0.2) is 38.8 Å². The van der Waals surface area contributed by atoms with E-state index in [1.807, 2.05) is 13.8 Å². The van der Waals surface area contributed by atoms with E-state index < -0.39 is 34.9 Å². The molecule has 3 rings (SSSR count). The van der Waals surface area contributed by atoms with Gasteiger partial charge in [-0.3, -0.25) is 19.6 Å². The molecule has 0 fully saturated rings. The number of carbonyl (C=O) groups is 1. The minimum atomic E-state index is -0.857. The van der Waals surface area contributed by atoms with Gasteiger partial charge in [0.25, 0.3) is 5.56 Å². The van der Waals surface area contributed by atoms with Crippen LogP contribution >= 0.6 is 0 Å². The average molecular weight is 359 g/mol. The Morgan fingerprint density at radius 2 is 1.85 bits per heavy atom. The van der Waals surface area contributed by atoms with Crippen LogP contribution in [-0.2, 0) is 9.53 Å². The molecule has 1 aromatic carbocycles. The molecule has 1 aliphatic rings. The molecule has 2 atom stereocenters. The van der Waals surface area contributed by atoms with Crippen molar-refractivity contribution in [2.75, 3.05) is 7.11 Å². The van der Waals surface area contributed by atoms with Crippen LogP contribution in [0.4, 0.5) is 10.2 Å². The molecule has 7 nitrogen and oxygen atoms in total. The lowest BCUT2D eigenvalue weighted by atomic mass is 9.74. The number of benzene rings is 1. The summed E-state index contributed by atoms with van der Waals surface area (Å²) in [5, 5.41) is 0. The van der Waals surface area contributed by atoms with Crippen LogP contribution in [0.1, 0.15) is 30.9 Å². The van der Waals surface area contributed by atoms with Gasteiger partial charge < -0.3 is 4.74 Å². The molecule has 0 radical (unpaired) electrons. The van der Waals surface area contributed by atoms with Crippen LogP contribution < -0.4 is 11.2 Å². The number of hydrogen-bond acceptors (Lipinski definition) is 5. The van der Waals surface area contributed by atoms with Crippen molar-refractivity contribution in [3.63, 3.8) is 0 Å². The molecule has 0 spiro atoms. The Labute approximate surface area is 148 Å². The number of hydrogen-bond donors (Lipinski definition) is 2. The van der Waals surface area contributed by atoms with E-state index in [1.54, 1.807) is 0 Å². The lowest BCUT2D eigenvalue weighted by molar-refractivity contribution is -0.143. The zero-order valence-electron chi connectivity index (χ0n) is 14.5. The van der Waals surface area contributed by atoms with Crippen LogP contribution in [-0.4, -0.2) is 28.8 Å². The lowest BCUT2D eigenvalue weighted by Gasteiger charge is -2.32. The van der Waals surface area contributed by atoms with Crippen molar-refractivity contribution in [1.29, 1.82) is 0 Å². The number of nitrogens with one attached hydrogen (secondary N) is 2. The number of rotatable bonds is 3. The minimum Gasteiger partial charge on any atom is -0.468 e. The fraction of sp³-hybridized carbons (Fsp3) is 0.333. The Morgan fingerprint density at radius 1 is 1.19 bits per heavy atom. The molecule has 2 unspecified atom stereocenters. The van der Waals surface area contributed by atoms with Gasteiger partial charge in [-0.15, -0.1) is 0 Å². The fourth-order valence-corrected chi connectivity index (χ4v) is 3.30. The second-order valence-corrected chi connectivity index (χ2v) is 6.39. The van der Waals surface area contributed by atoms with Crippen molar-refractivity contribution < 1.29 is 13.9 Å². The van der Waals surface area contributed by atoms with Gasteiger partial charge in [-0.2, -0.15) is 0 Å². The molecular weight excluding hydrogens is 341 g/mol. The first kappa shape index (κ1) is 17.8. The molecule has 0 bridgehead atoms. The van der Waals surface area contributed by atoms with Gasteiger partial charge in [0.15, 0.2) is 0 Å². The van der Waals surface area contributed by atoms with Gasteiger partial charge in [0.1, 0.15) is 17.6 Å². The van der Waals surface area contributed by atoms with E-state index >= 15 is 0 Å². The number of esters is 1. The monoisotopic (exact) mass is 359 g/mol. The highest BCUT2D eigenvalue weighted by Gasteiger charge is 2.42. The molecule has 1 aliphatic heterocycles. The Bertz CT molecular complexity index is 989. The first-order valence-corrected chi connectivity index (χ1v) is 8.11. The number of aliphatic imine (C=N–C) groups is 1. The zero-order chi connectivity index (χ0) is 19.0. The first-order valence-electron chi connectivity index (χ1n) is 8.11. The van der Waals surface area contributed by atoms with Gasteiger partial charge in [0.2, 0.25) is 0 Å². The molecule has 0 aliphatic carbocycles. The molecule has 2 heterocycles. The second-order valence-electron chi connectivity index (χ2n) is 6.39. The number of halogens is 1. The predicted octanol–water partition coefficient (Wildman–Crippen LogP) is 1.87. The van der Waals surface area contributed by atoms with Crippen LogP contribution in [0, 0.1) is 17.7 Å². The number of aromatic nitrogens is 2. The van der Waals surface area contributed by atoms with Gasteiger partial charge in [0.05, 0.1) is 12.7 Å². The van der Waals surface area contributed by atoms with Crippen LogP contribution in [0.25, 0.3) is 0 Å². The van der Waals surface area contributed by atoms with E-state index in [-0.39, 0.29) is 17.3 Å². The zero-order valence-corrected chi connectivity index (χ0v) is 14.5. The predicted molar refractivity (Wildman–Crippen MR) is 93.4 cm³/mol. The van der Waals surface area contributed by atoms with E-state index in [2.05, 4.69) is 15.0 Å². The number of fused-ring (bicyclic) bond motifs is 1. The average Bonchev–Trinajstić information content (AvgIpc) is 2.59. The molecular formula is C18H18FN3O4. The molecule has 0 saturated heterocycles. The molecule has 8 heteroatoms. The van der Waals surface area contributed by atoms with Crippen molar-refractivity contribution >= 4 is 17.5 Å². The molecule has 136 valence electrons. The van der Waals surface area contributed by atoms with Crippen LogP contribution in [0.5, 0.6) is 0 Å². The third-order valence-electron chi connectivity index (χ3n) is 4.44. The summed E-state index contributed by atoms with van der Waals surface area (Å²) in [6.07, 6.45) is 0. The highest BCUT2D eigenvalue weighted by molar-refractivity contribution is 6.06. The summed E-state index contributed by atoms with van der Waals surface area (Å²) in [5.74, 6) is -2.64. The summed E-state index contributed by atoms with van der Waals surface area (Å²) in [7, 11) is 1.26. The van der Waals surface area contributed by atoms with E-state index in [4.69, 9.17) is 4.74 Å². The summed E-state index contributed by atoms with van der Waals surface area (Å²) < 4.78 is 18.3. The molecule has 2 N–H and O–H groups in total. The Hall–Kier alpha value is -3.03. The van der Waals surface area contributed by atoms with Gasteiger partial charge in [-0.05, 0) is 23.6 Å². The highest BCUT2D eigenvalue weighted by Crippen LogP contribution is 2.41. The summed E-state index contributed by atoms with van der Waals surface area (Å²) in [4.78, 5) is 45.8. The van der Waals surface area contributed by atoms with Gasteiger partial charge in [-0.1, -0.05) is 26.0 Å². The molecule has 0 amide bonds. The molecule has 2 aromatic rings. The summed E-state index contributed by atoms with van der Waals surface area (Å²) >= 11 is 0. The Balaban J connectivity index is 2.35. The number of ether oxygens (including phenoxy) is 1. The lowest BCUT2D eigenvalue weighted by Crippen LogP contribution is -2.40. The maximum absolute atomic E-state index is 13.4. The van der Waals surface area contributed by atoms with Crippen molar-refractivity contribution in [2.45, 2.75) is 19.8 Å². The number of H-pyrrole nitrogens is 2. The van der Waals surface area contributed by atoms with Crippen LogP contribution in [0.2, 0.25) is 0 Å². The highest BCUT2D eigenvalue weighted by atomic mass is 19.1. The van der Waals surface area contributed by atoms with Crippen LogP contribution in [0.3, 0.4) is 0 Å². The number of carbonyl (C=O) groups excluding carboxylic acids is 1. The maximum Gasteiger partial charge on any atom is 0.327 e. The van der Waals surface area contributed by atoms with E-state index in [0.29, 0.717) is 11.3 Å². The van der Waals surface area contributed by atoms with Crippen molar-refractivity contribution in [1.82, 2.24) is 9.97 Å². The van der Waals surface area contributed by atoms with Gasteiger partial charge in [0, 0.05) is 11.6 Å². The molecule has 26 heavy (non-hydrogen) atoms. The largest absolute Gasteiger partial charge is 0.468 e. The Kier molecular flexibility index (Phi) is 4.58. The number of nitrogens with zero attached hydrogens (tertiary/aromatic N) is 1. The van der Waals surface area contributed by atoms with Crippen molar-refractivity contribution in [3.05, 3.63) is 62.0 Å².